The van der Waals surface area contributed by atoms with Gasteiger partial charge in [-0.1, -0.05) is 89.8 Å². The van der Waals surface area contributed by atoms with Gasteiger partial charge in [0.2, 0.25) is 0 Å². The second-order valence-electron chi connectivity index (χ2n) is 10.3. The normalized spacial score (nSPS) is 10.6. The third-order valence-electron chi connectivity index (χ3n) is 5.47. The number of halogens is 1. The van der Waals surface area contributed by atoms with Gasteiger partial charge in [0.05, 0.1) is 18.8 Å². The number of rotatable bonds is 12. The van der Waals surface area contributed by atoms with Crippen molar-refractivity contribution >= 4 is 36.6 Å². The van der Waals surface area contributed by atoms with E-state index in [0.29, 0.717) is 18.8 Å². The number of hydrogen-bond donors (Lipinski definition) is 0. The Bertz CT molecular complexity index is 1140. The largest absolute Gasteiger partial charge is 0.494 e. The highest BCUT2D eigenvalue weighted by atomic mass is 127. The maximum atomic E-state index is 12.6. The van der Waals surface area contributed by atoms with Gasteiger partial charge in [-0.25, -0.2) is 4.79 Å². The van der Waals surface area contributed by atoms with E-state index in [1.165, 1.54) is 19.3 Å². The first-order valence-electron chi connectivity index (χ1n) is 13.5. The molecule has 198 valence electrons. The first kappa shape index (κ1) is 31.0. The standard InChI is InChI=1S/C32H41IO3Si/c1-6-8-10-12-17-35-31-23-26(20-28(24-31)16-19-37(3,4)5)14-15-27-21-29(25-30(33)22-27)32(34)36-18-13-11-9-7-2/h20-25H,6-13,17-18H2,1-5H3. The highest BCUT2D eigenvalue weighted by Crippen LogP contribution is 2.19. The quantitative estimate of drug-likeness (QED) is 0.0777. The van der Waals surface area contributed by atoms with Crippen molar-refractivity contribution in [2.75, 3.05) is 13.2 Å². The summed E-state index contributed by atoms with van der Waals surface area (Å²) in [5.74, 6) is 10.4. The molecule has 5 heteroatoms. The molecule has 0 bridgehead atoms. The summed E-state index contributed by atoms with van der Waals surface area (Å²) in [5.41, 5.74) is 6.54. The molecular formula is C32H41IO3Si. The Kier molecular flexibility index (Phi) is 13.9. The molecule has 0 amide bonds. The molecule has 0 unspecified atom stereocenters. The molecule has 37 heavy (non-hydrogen) atoms. The predicted octanol–water partition coefficient (Wildman–Crippen LogP) is 8.62. The van der Waals surface area contributed by atoms with Crippen LogP contribution in [0.5, 0.6) is 5.75 Å². The zero-order valence-corrected chi connectivity index (χ0v) is 26.3. The van der Waals surface area contributed by atoms with Crippen LogP contribution < -0.4 is 4.74 Å². The predicted molar refractivity (Wildman–Crippen MR) is 166 cm³/mol. The van der Waals surface area contributed by atoms with E-state index in [0.717, 1.165) is 58.1 Å². The Hall–Kier alpha value is -2.22. The molecule has 0 saturated heterocycles. The van der Waals surface area contributed by atoms with Crippen molar-refractivity contribution in [1.82, 2.24) is 0 Å². The highest BCUT2D eigenvalue weighted by molar-refractivity contribution is 14.1. The number of unbranched alkanes of at least 4 members (excludes halogenated alkanes) is 6. The maximum absolute atomic E-state index is 12.6. The summed E-state index contributed by atoms with van der Waals surface area (Å²) in [6.07, 6.45) is 8.96. The van der Waals surface area contributed by atoms with E-state index in [4.69, 9.17) is 9.47 Å². The molecule has 0 fully saturated rings. The fourth-order valence-electron chi connectivity index (χ4n) is 3.51. The minimum Gasteiger partial charge on any atom is -0.494 e. The average molecular weight is 629 g/mol. The van der Waals surface area contributed by atoms with Gasteiger partial charge in [-0.05, 0) is 71.8 Å². The smallest absolute Gasteiger partial charge is 0.338 e. The molecule has 0 aliphatic heterocycles. The van der Waals surface area contributed by atoms with Gasteiger partial charge in [0.15, 0.2) is 0 Å². The molecule has 0 heterocycles. The van der Waals surface area contributed by atoms with Crippen molar-refractivity contribution in [2.24, 2.45) is 0 Å². The number of benzene rings is 2. The van der Waals surface area contributed by atoms with Crippen LogP contribution in [0.15, 0.2) is 36.4 Å². The Morgan fingerprint density at radius 2 is 1.35 bits per heavy atom. The lowest BCUT2D eigenvalue weighted by Gasteiger charge is -2.08. The molecule has 0 aromatic heterocycles. The molecule has 0 aliphatic rings. The molecule has 2 aromatic carbocycles. The van der Waals surface area contributed by atoms with Crippen molar-refractivity contribution < 1.29 is 14.3 Å². The minimum atomic E-state index is -1.51. The molecule has 0 N–H and O–H groups in total. The lowest BCUT2D eigenvalue weighted by atomic mass is 10.1. The van der Waals surface area contributed by atoms with Crippen molar-refractivity contribution in [1.29, 1.82) is 0 Å². The van der Waals surface area contributed by atoms with Crippen molar-refractivity contribution in [3.05, 3.63) is 62.2 Å². The van der Waals surface area contributed by atoms with Gasteiger partial charge in [-0.3, -0.25) is 0 Å². The number of hydrogen-bond acceptors (Lipinski definition) is 3. The molecule has 0 aliphatic carbocycles. The summed E-state index contributed by atoms with van der Waals surface area (Å²) in [6, 6.07) is 11.6. The van der Waals surface area contributed by atoms with Crippen LogP contribution >= 0.6 is 22.6 Å². The molecule has 0 spiro atoms. The van der Waals surface area contributed by atoms with Crippen LogP contribution in [-0.4, -0.2) is 27.3 Å². The van der Waals surface area contributed by atoms with E-state index in [-0.39, 0.29) is 5.97 Å². The SMILES string of the molecule is CCCCCCOC(=O)c1cc(I)cc(C#Cc2cc(C#C[Si](C)(C)C)cc(OCCCCCC)c2)c1. The summed E-state index contributed by atoms with van der Waals surface area (Å²) < 4.78 is 12.5. The van der Waals surface area contributed by atoms with Crippen molar-refractivity contribution in [3.63, 3.8) is 0 Å². The molecule has 0 atom stereocenters. The van der Waals surface area contributed by atoms with Gasteiger partial charge < -0.3 is 9.47 Å². The summed E-state index contributed by atoms with van der Waals surface area (Å²) in [7, 11) is -1.51. The first-order valence-corrected chi connectivity index (χ1v) is 18.1. The second kappa shape index (κ2) is 16.6. The lowest BCUT2D eigenvalue weighted by Crippen LogP contribution is -2.16. The van der Waals surface area contributed by atoms with E-state index in [1.54, 1.807) is 0 Å². The fourth-order valence-corrected chi connectivity index (χ4v) is 4.70. The van der Waals surface area contributed by atoms with Gasteiger partial charge in [0, 0.05) is 20.3 Å². The fraction of sp³-hybridized carbons (Fsp3) is 0.469. The molecule has 2 aromatic rings. The van der Waals surface area contributed by atoms with Crippen LogP contribution in [0.25, 0.3) is 0 Å². The zero-order valence-electron chi connectivity index (χ0n) is 23.1. The van der Waals surface area contributed by atoms with Crippen LogP contribution in [0.2, 0.25) is 19.6 Å². The number of esters is 1. The molecule has 3 nitrogen and oxygen atoms in total. The van der Waals surface area contributed by atoms with Gasteiger partial charge in [0.25, 0.3) is 0 Å². The number of carbonyl (C=O) groups is 1. The van der Waals surface area contributed by atoms with Gasteiger partial charge in [-0.2, -0.15) is 0 Å². The maximum Gasteiger partial charge on any atom is 0.338 e. The Morgan fingerprint density at radius 1 is 0.757 bits per heavy atom. The van der Waals surface area contributed by atoms with E-state index in [1.807, 2.05) is 36.4 Å². The Balaban J connectivity index is 2.23. The molecule has 0 saturated carbocycles. The van der Waals surface area contributed by atoms with Gasteiger partial charge in [0.1, 0.15) is 13.8 Å². The Labute approximate surface area is 239 Å². The monoisotopic (exact) mass is 628 g/mol. The third kappa shape index (κ3) is 13.2. The van der Waals surface area contributed by atoms with Crippen LogP contribution in [0.3, 0.4) is 0 Å². The van der Waals surface area contributed by atoms with E-state index < -0.39 is 8.07 Å². The first-order chi connectivity index (χ1) is 17.7. The van der Waals surface area contributed by atoms with Crippen molar-refractivity contribution in [3.8, 4) is 29.1 Å². The lowest BCUT2D eigenvalue weighted by molar-refractivity contribution is 0.0497. The van der Waals surface area contributed by atoms with Crippen molar-refractivity contribution in [2.45, 2.75) is 84.9 Å². The van der Waals surface area contributed by atoms with Crippen LogP contribution in [0.1, 0.15) is 92.3 Å². The highest BCUT2D eigenvalue weighted by Gasteiger charge is 2.10. The van der Waals surface area contributed by atoms with Crippen LogP contribution in [0.4, 0.5) is 0 Å². The van der Waals surface area contributed by atoms with Crippen LogP contribution in [-0.2, 0) is 4.74 Å². The topological polar surface area (TPSA) is 35.5 Å². The Morgan fingerprint density at radius 3 is 1.97 bits per heavy atom. The number of carbonyl (C=O) groups excluding carboxylic acids is 1. The summed E-state index contributed by atoms with van der Waals surface area (Å²) in [6.45, 7) is 12.2. The zero-order chi connectivity index (χ0) is 27.1. The molecular weight excluding hydrogens is 587 g/mol. The summed E-state index contributed by atoms with van der Waals surface area (Å²) >= 11 is 2.22. The van der Waals surface area contributed by atoms with Gasteiger partial charge in [-0.15, -0.1) is 5.54 Å². The second-order valence-corrected chi connectivity index (χ2v) is 16.3. The van der Waals surface area contributed by atoms with Crippen LogP contribution in [0, 0.1) is 26.9 Å². The number of ether oxygens (including phenoxy) is 2. The third-order valence-corrected chi connectivity index (χ3v) is 6.97. The summed E-state index contributed by atoms with van der Waals surface area (Å²) in [4.78, 5) is 12.6. The molecule has 0 radical (unpaired) electrons. The van der Waals surface area contributed by atoms with E-state index in [2.05, 4.69) is 79.4 Å². The minimum absolute atomic E-state index is 0.291. The van der Waals surface area contributed by atoms with E-state index in [9.17, 15) is 4.79 Å². The van der Waals surface area contributed by atoms with E-state index >= 15 is 0 Å². The molecule has 2 rings (SSSR count). The average Bonchev–Trinajstić information content (AvgIpc) is 2.85. The summed E-state index contributed by atoms with van der Waals surface area (Å²) in [5, 5.41) is 0. The van der Waals surface area contributed by atoms with Gasteiger partial charge >= 0.3 is 5.97 Å².